The van der Waals surface area contributed by atoms with Crippen LogP contribution in [0.15, 0.2) is 12.3 Å². The molecular formula is C7H5FN2. The average molecular weight is 136 g/mol. The van der Waals surface area contributed by atoms with Crippen LogP contribution in [0.4, 0.5) is 10.1 Å². The first-order valence-corrected chi connectivity index (χ1v) is 2.73. The fourth-order valence-corrected chi connectivity index (χ4v) is 0.602. The number of hydrogen-bond donors (Lipinski definition) is 0. The molecule has 10 heavy (non-hydrogen) atoms. The summed E-state index contributed by atoms with van der Waals surface area (Å²) in [7, 11) is 0. The molecule has 0 fully saturated rings. The summed E-state index contributed by atoms with van der Waals surface area (Å²) in [5.41, 5.74) is 0.565. The van der Waals surface area contributed by atoms with E-state index in [1.807, 2.05) is 0 Å². The first kappa shape index (κ1) is 6.69. The lowest BCUT2D eigenvalue weighted by Gasteiger charge is -1.92. The molecule has 1 aromatic heterocycles. The molecule has 1 aromatic rings. The van der Waals surface area contributed by atoms with E-state index in [2.05, 4.69) is 9.83 Å². The van der Waals surface area contributed by atoms with Gasteiger partial charge in [-0.15, -0.1) is 0 Å². The molecule has 0 atom stereocenters. The first-order valence-electron chi connectivity index (χ1n) is 2.73. The summed E-state index contributed by atoms with van der Waals surface area (Å²) in [6.45, 7) is 8.18. The van der Waals surface area contributed by atoms with Crippen LogP contribution in [0.2, 0.25) is 0 Å². The van der Waals surface area contributed by atoms with Gasteiger partial charge in [-0.25, -0.2) is 9.24 Å². The maximum absolute atomic E-state index is 12.6. The SMILES string of the molecule is [C-]#[N+]c1cnc(C)cc1F. The predicted octanol–water partition coefficient (Wildman–Crippen LogP) is 2.08. The van der Waals surface area contributed by atoms with Gasteiger partial charge in [0.25, 0.3) is 0 Å². The minimum Gasteiger partial charge on any atom is -0.273 e. The lowest BCUT2D eigenvalue weighted by molar-refractivity contribution is 0.630. The summed E-state index contributed by atoms with van der Waals surface area (Å²) in [4.78, 5) is 6.68. The van der Waals surface area contributed by atoms with Gasteiger partial charge < -0.3 is 0 Å². The average Bonchev–Trinajstić information content (AvgIpc) is 1.88. The van der Waals surface area contributed by atoms with E-state index in [0.29, 0.717) is 5.69 Å². The van der Waals surface area contributed by atoms with E-state index in [9.17, 15) is 4.39 Å². The smallest absolute Gasteiger partial charge is 0.239 e. The molecule has 0 aliphatic carbocycles. The molecule has 0 amide bonds. The van der Waals surface area contributed by atoms with Crippen LogP contribution in [0.5, 0.6) is 0 Å². The second kappa shape index (κ2) is 2.44. The zero-order valence-corrected chi connectivity index (χ0v) is 5.43. The molecule has 2 nitrogen and oxygen atoms in total. The lowest BCUT2D eigenvalue weighted by atomic mass is 10.3. The standard InChI is InChI=1S/C7H5FN2/c1-5-3-6(8)7(9-2)4-10-5/h3-4H,1H3. The monoisotopic (exact) mass is 136 g/mol. The fourth-order valence-electron chi connectivity index (χ4n) is 0.602. The predicted molar refractivity (Wildman–Crippen MR) is 35.2 cm³/mol. The van der Waals surface area contributed by atoms with Gasteiger partial charge in [-0.05, 0) is 13.0 Å². The Balaban J connectivity index is 3.23. The van der Waals surface area contributed by atoms with Gasteiger partial charge in [-0.2, -0.15) is 0 Å². The van der Waals surface area contributed by atoms with Crippen molar-refractivity contribution in [2.75, 3.05) is 0 Å². The van der Waals surface area contributed by atoms with E-state index < -0.39 is 5.82 Å². The quantitative estimate of drug-likeness (QED) is 0.499. The number of aromatic nitrogens is 1. The zero-order chi connectivity index (χ0) is 7.56. The van der Waals surface area contributed by atoms with E-state index in [1.54, 1.807) is 6.92 Å². The van der Waals surface area contributed by atoms with Crippen molar-refractivity contribution in [3.05, 3.63) is 35.2 Å². The highest BCUT2D eigenvalue weighted by molar-refractivity contribution is 5.43. The second-order valence-electron chi connectivity index (χ2n) is 1.89. The van der Waals surface area contributed by atoms with Crippen LogP contribution in [0.1, 0.15) is 5.69 Å². The Bertz CT molecular complexity index is 288. The molecule has 0 aliphatic heterocycles. The Kier molecular flexibility index (Phi) is 1.63. The normalized spacial score (nSPS) is 8.90. The first-order chi connectivity index (χ1) is 4.74. The van der Waals surface area contributed by atoms with Crippen molar-refractivity contribution < 1.29 is 4.39 Å². The van der Waals surface area contributed by atoms with Gasteiger partial charge in [0.1, 0.15) is 5.82 Å². The molecule has 0 aliphatic rings. The lowest BCUT2D eigenvalue weighted by Crippen LogP contribution is -1.81. The van der Waals surface area contributed by atoms with Crippen LogP contribution in [0, 0.1) is 19.3 Å². The molecule has 1 heterocycles. The molecule has 0 aromatic carbocycles. The summed E-state index contributed by atoms with van der Waals surface area (Å²) in [5.74, 6) is -0.498. The van der Waals surface area contributed by atoms with Crippen molar-refractivity contribution in [1.82, 2.24) is 4.98 Å². The zero-order valence-electron chi connectivity index (χ0n) is 5.43. The maximum atomic E-state index is 12.6. The minimum absolute atomic E-state index is 0.0226. The van der Waals surface area contributed by atoms with E-state index >= 15 is 0 Å². The highest BCUT2D eigenvalue weighted by atomic mass is 19.1. The topological polar surface area (TPSA) is 17.2 Å². The van der Waals surface area contributed by atoms with Gasteiger partial charge in [-0.3, -0.25) is 4.98 Å². The molecule has 1 rings (SSSR count). The molecule has 0 saturated carbocycles. The molecule has 0 unspecified atom stereocenters. The Hall–Kier alpha value is -1.43. The fraction of sp³-hybridized carbons (Fsp3) is 0.143. The summed E-state index contributed by atoms with van der Waals surface area (Å²) < 4.78 is 12.6. The Morgan fingerprint density at radius 3 is 2.90 bits per heavy atom. The van der Waals surface area contributed by atoms with Crippen LogP contribution in [0.25, 0.3) is 4.85 Å². The molecule has 0 radical (unpaired) electrons. The summed E-state index contributed by atoms with van der Waals surface area (Å²) in [6.07, 6.45) is 1.23. The van der Waals surface area contributed by atoms with E-state index in [-0.39, 0.29) is 5.69 Å². The molecule has 0 bridgehead atoms. The van der Waals surface area contributed by atoms with Gasteiger partial charge in [0.15, 0.2) is 0 Å². The third-order valence-corrected chi connectivity index (χ3v) is 1.09. The summed E-state index contributed by atoms with van der Waals surface area (Å²) in [5, 5.41) is 0. The highest BCUT2D eigenvalue weighted by Gasteiger charge is 1.99. The van der Waals surface area contributed by atoms with Crippen LogP contribution < -0.4 is 0 Å². The van der Waals surface area contributed by atoms with Crippen molar-refractivity contribution >= 4 is 5.69 Å². The van der Waals surface area contributed by atoms with E-state index in [4.69, 9.17) is 6.57 Å². The van der Waals surface area contributed by atoms with Crippen LogP contribution in [0.3, 0.4) is 0 Å². The molecule has 0 spiro atoms. The Morgan fingerprint density at radius 2 is 2.40 bits per heavy atom. The third-order valence-electron chi connectivity index (χ3n) is 1.09. The second-order valence-corrected chi connectivity index (χ2v) is 1.89. The van der Waals surface area contributed by atoms with Crippen LogP contribution in [-0.2, 0) is 0 Å². The van der Waals surface area contributed by atoms with Crippen LogP contribution >= 0.6 is 0 Å². The molecule has 0 saturated heterocycles. The Labute approximate surface area is 58.1 Å². The molecule has 0 N–H and O–H groups in total. The number of hydrogen-bond acceptors (Lipinski definition) is 1. The van der Waals surface area contributed by atoms with E-state index in [0.717, 1.165) is 0 Å². The molecule has 3 heteroatoms. The van der Waals surface area contributed by atoms with Crippen molar-refractivity contribution in [3.8, 4) is 0 Å². The maximum Gasteiger partial charge on any atom is 0.239 e. The largest absolute Gasteiger partial charge is 0.273 e. The third kappa shape index (κ3) is 1.11. The number of rotatable bonds is 0. The summed E-state index contributed by atoms with van der Waals surface area (Å²) in [6, 6.07) is 1.24. The molecular weight excluding hydrogens is 131 g/mol. The van der Waals surface area contributed by atoms with Gasteiger partial charge in [0.2, 0.25) is 5.69 Å². The van der Waals surface area contributed by atoms with Crippen molar-refractivity contribution in [2.24, 2.45) is 0 Å². The van der Waals surface area contributed by atoms with Gasteiger partial charge >= 0.3 is 0 Å². The number of nitrogens with zero attached hydrogens (tertiary/aromatic N) is 2. The number of pyridine rings is 1. The number of aryl methyl sites for hydroxylation is 1. The van der Waals surface area contributed by atoms with Gasteiger partial charge in [0, 0.05) is 11.9 Å². The van der Waals surface area contributed by atoms with Gasteiger partial charge in [0.05, 0.1) is 6.57 Å². The summed E-state index contributed by atoms with van der Waals surface area (Å²) >= 11 is 0. The minimum atomic E-state index is -0.498. The van der Waals surface area contributed by atoms with Crippen molar-refractivity contribution in [3.63, 3.8) is 0 Å². The van der Waals surface area contributed by atoms with Crippen molar-refractivity contribution in [1.29, 1.82) is 0 Å². The van der Waals surface area contributed by atoms with Crippen LogP contribution in [-0.4, -0.2) is 4.98 Å². The Morgan fingerprint density at radius 1 is 1.70 bits per heavy atom. The highest BCUT2D eigenvalue weighted by Crippen LogP contribution is 2.15. The molecule has 50 valence electrons. The van der Waals surface area contributed by atoms with E-state index in [1.165, 1.54) is 12.3 Å². The van der Waals surface area contributed by atoms with Gasteiger partial charge in [-0.1, -0.05) is 0 Å². The van der Waals surface area contributed by atoms with Crippen molar-refractivity contribution in [2.45, 2.75) is 6.92 Å². The number of halogens is 1.